The van der Waals surface area contributed by atoms with Crippen LogP contribution in [-0.2, 0) is 50.7 Å². The Kier molecular flexibility index (Phi) is 12.1. The Balaban J connectivity index is 1.24. The van der Waals surface area contributed by atoms with Crippen molar-refractivity contribution in [3.8, 4) is 16.9 Å². The summed E-state index contributed by atoms with van der Waals surface area (Å²) in [6, 6.07) is 31.9. The Morgan fingerprint density at radius 2 is 1.42 bits per heavy atom. The molecule has 0 radical (unpaired) electrons. The maximum absolute atomic E-state index is 14.1. The molecule has 1 aliphatic heterocycles. The fourth-order valence-electron chi connectivity index (χ4n) is 7.02. The van der Waals surface area contributed by atoms with Crippen LogP contribution in [0.1, 0.15) is 62.8 Å². The predicted molar refractivity (Wildman–Crippen MR) is 207 cm³/mol. The zero-order valence-electron chi connectivity index (χ0n) is 31.9. The van der Waals surface area contributed by atoms with Crippen molar-refractivity contribution >= 4 is 25.6 Å². The maximum atomic E-state index is 14.1. The smallest absolute Gasteiger partial charge is 0.407 e. The number of benzene rings is 4. The lowest BCUT2D eigenvalue weighted by atomic mass is 9.87. The maximum Gasteiger partial charge on any atom is 0.407 e. The summed E-state index contributed by atoms with van der Waals surface area (Å²) in [6.07, 6.45) is -3.48. The van der Waals surface area contributed by atoms with E-state index in [1.54, 1.807) is 52.0 Å². The molecule has 1 saturated heterocycles. The number of hydrogen-bond donors (Lipinski definition) is 1. The van der Waals surface area contributed by atoms with E-state index in [4.69, 9.17) is 28.0 Å². The molecule has 0 spiro atoms. The minimum atomic E-state index is -3.90. The van der Waals surface area contributed by atoms with Crippen LogP contribution in [-0.4, -0.2) is 61.8 Å². The second-order valence-electron chi connectivity index (χ2n) is 15.0. The Labute approximate surface area is 322 Å². The zero-order valence-corrected chi connectivity index (χ0v) is 32.8. The first kappa shape index (κ1) is 39.7. The normalized spacial score (nSPS) is 20.7. The molecule has 6 rings (SSSR count). The van der Waals surface area contributed by atoms with Crippen molar-refractivity contribution in [2.24, 2.45) is 5.41 Å². The molecule has 55 heavy (non-hydrogen) atoms. The number of fused-ring (bicyclic) bond motifs is 3. The van der Waals surface area contributed by atoms with E-state index in [0.29, 0.717) is 12.0 Å². The molecule has 290 valence electrons. The molecule has 1 heterocycles. The van der Waals surface area contributed by atoms with Crippen LogP contribution in [0, 0.1) is 5.41 Å². The highest BCUT2D eigenvalue weighted by atomic mass is 31.2. The summed E-state index contributed by atoms with van der Waals surface area (Å²) in [7, 11) is -3.90. The van der Waals surface area contributed by atoms with Gasteiger partial charge in [0.25, 0.3) is 0 Å². The van der Waals surface area contributed by atoms with Crippen LogP contribution >= 0.6 is 7.60 Å². The van der Waals surface area contributed by atoms with E-state index in [0.717, 1.165) is 27.8 Å². The topological polar surface area (TPSA) is 136 Å². The lowest BCUT2D eigenvalue weighted by molar-refractivity contribution is -0.158. The van der Waals surface area contributed by atoms with Gasteiger partial charge in [0.15, 0.2) is 0 Å². The van der Waals surface area contributed by atoms with Crippen LogP contribution in [0.25, 0.3) is 11.1 Å². The summed E-state index contributed by atoms with van der Waals surface area (Å²) < 4.78 is 49.3. The Hall–Kier alpha value is -4.96. The molecule has 1 aliphatic carbocycles. The van der Waals surface area contributed by atoms with Gasteiger partial charge in [0.1, 0.15) is 37.3 Å². The molecule has 0 saturated carbocycles. The van der Waals surface area contributed by atoms with Gasteiger partial charge in [-0.25, -0.2) is 9.36 Å². The molecular formula is C43H48NO10P. The van der Waals surface area contributed by atoms with Gasteiger partial charge in [0.05, 0.1) is 17.6 Å². The summed E-state index contributed by atoms with van der Waals surface area (Å²) in [5.41, 5.74) is 5.28. The number of rotatable bonds is 13. The number of alkyl carbamates (subject to hydrolysis) is 1. The van der Waals surface area contributed by atoms with E-state index >= 15 is 0 Å². The highest BCUT2D eigenvalue weighted by molar-refractivity contribution is 7.53. The lowest BCUT2D eigenvalue weighted by Crippen LogP contribution is -2.49. The molecule has 1 amide bonds. The highest BCUT2D eigenvalue weighted by Crippen LogP contribution is 2.49. The summed E-state index contributed by atoms with van der Waals surface area (Å²) in [4.78, 5) is 38.1. The number of carbonyl (C=O) groups excluding carboxylic acids is 3. The number of amides is 1. The van der Waals surface area contributed by atoms with Crippen molar-refractivity contribution < 1.29 is 46.9 Å². The number of carbonyl (C=O) groups is 3. The van der Waals surface area contributed by atoms with Gasteiger partial charge in [-0.1, -0.05) is 91.0 Å². The Bertz CT molecular complexity index is 1980. The first-order chi connectivity index (χ1) is 26.2. The van der Waals surface area contributed by atoms with Crippen molar-refractivity contribution in [1.82, 2.24) is 5.32 Å². The quantitative estimate of drug-likeness (QED) is 0.0805. The van der Waals surface area contributed by atoms with Gasteiger partial charge in [-0.2, -0.15) is 0 Å². The van der Waals surface area contributed by atoms with E-state index in [2.05, 4.69) is 29.6 Å². The molecule has 11 nitrogen and oxygen atoms in total. The molecule has 2 aliphatic rings. The molecule has 4 aromatic carbocycles. The van der Waals surface area contributed by atoms with Gasteiger partial charge in [-0.05, 0) is 73.2 Å². The van der Waals surface area contributed by atoms with Crippen molar-refractivity contribution in [2.75, 3.05) is 13.3 Å². The van der Waals surface area contributed by atoms with E-state index < -0.39 is 61.5 Å². The number of nitrogens with one attached hydrogen (secondary N) is 1. The van der Waals surface area contributed by atoms with Crippen molar-refractivity contribution in [3.05, 3.63) is 125 Å². The third-order valence-electron chi connectivity index (χ3n) is 9.63. The lowest BCUT2D eigenvalue weighted by Gasteiger charge is -2.30. The first-order valence-electron chi connectivity index (χ1n) is 18.4. The molecule has 1 N–H and O–H groups in total. The van der Waals surface area contributed by atoms with Gasteiger partial charge in [0, 0.05) is 25.9 Å². The van der Waals surface area contributed by atoms with Crippen LogP contribution in [0.4, 0.5) is 4.79 Å². The van der Waals surface area contributed by atoms with Gasteiger partial charge < -0.3 is 28.8 Å². The molecule has 4 unspecified atom stereocenters. The van der Waals surface area contributed by atoms with Gasteiger partial charge >= 0.3 is 25.6 Å². The number of hydrogen-bond acceptors (Lipinski definition) is 10. The van der Waals surface area contributed by atoms with Crippen LogP contribution in [0.15, 0.2) is 103 Å². The predicted octanol–water partition coefficient (Wildman–Crippen LogP) is 8.23. The van der Waals surface area contributed by atoms with Crippen LogP contribution in [0.3, 0.4) is 0 Å². The minimum absolute atomic E-state index is 0.0809. The van der Waals surface area contributed by atoms with Gasteiger partial charge in [-0.15, -0.1) is 0 Å². The average Bonchev–Trinajstić information content (AvgIpc) is 3.62. The Morgan fingerprint density at radius 1 is 0.818 bits per heavy atom. The second-order valence-corrected chi connectivity index (χ2v) is 17.0. The van der Waals surface area contributed by atoms with E-state index in [1.165, 1.54) is 13.6 Å². The third kappa shape index (κ3) is 9.84. The van der Waals surface area contributed by atoms with Crippen LogP contribution in [0.2, 0.25) is 0 Å². The van der Waals surface area contributed by atoms with Crippen LogP contribution < -0.4 is 9.84 Å². The van der Waals surface area contributed by atoms with E-state index in [9.17, 15) is 18.9 Å². The summed E-state index contributed by atoms with van der Waals surface area (Å²) in [5, 5.41) is 2.96. The van der Waals surface area contributed by atoms with Gasteiger partial charge in [0.2, 0.25) is 0 Å². The third-order valence-corrected chi connectivity index (χ3v) is 10.8. The average molecular weight is 770 g/mol. The summed E-state index contributed by atoms with van der Waals surface area (Å²) in [6.45, 7) is 9.47. The fraction of sp³-hybridized carbons (Fsp3) is 0.372. The largest absolute Gasteiger partial charge is 0.462 e. The minimum Gasteiger partial charge on any atom is -0.462 e. The molecule has 4 aromatic rings. The number of ether oxygens (including phenoxy) is 4. The molecule has 1 fully saturated rings. The number of esters is 2. The van der Waals surface area contributed by atoms with Crippen molar-refractivity contribution in [3.63, 3.8) is 0 Å². The molecule has 12 heteroatoms. The molecule has 6 atom stereocenters. The van der Waals surface area contributed by atoms with Crippen molar-refractivity contribution in [1.29, 1.82) is 0 Å². The highest BCUT2D eigenvalue weighted by Gasteiger charge is 2.49. The zero-order chi connectivity index (χ0) is 39.3. The summed E-state index contributed by atoms with van der Waals surface area (Å²) >= 11 is 0. The molecule has 0 bridgehead atoms. The van der Waals surface area contributed by atoms with Crippen molar-refractivity contribution in [2.45, 2.75) is 84.0 Å². The first-order valence-corrected chi connectivity index (χ1v) is 20.4. The van der Waals surface area contributed by atoms with Crippen LogP contribution in [0.5, 0.6) is 5.75 Å². The molecule has 0 aromatic heterocycles. The standard InChI is InChI=1S/C43H48NO10P/c1-27-39(40(37(51-27)26-50-41(46)43(3,4)5)54-55(6,48)53-31-22-20-30(21-23-31)25-49-28(2)45)44-42(47)52-36(24-29-14-8-7-9-15-29)38-34-18-12-10-16-32(34)33-17-11-13-19-35(33)38/h7-23,27,36-40H,24-26H2,1-6H3,(H,44,47)/t27-,36?,37+,39?,40?,55?/m0/s1. The monoisotopic (exact) mass is 769 g/mol. The second kappa shape index (κ2) is 16.8. The van der Waals surface area contributed by atoms with E-state index in [-0.39, 0.29) is 24.9 Å². The Morgan fingerprint density at radius 3 is 2.02 bits per heavy atom. The molecular weight excluding hydrogens is 721 g/mol. The van der Waals surface area contributed by atoms with E-state index in [1.807, 2.05) is 54.6 Å². The summed E-state index contributed by atoms with van der Waals surface area (Å²) in [5.74, 6) is -0.846. The SMILES string of the molecule is CC(=O)OCc1ccc(OP(C)(=O)OC2C(NC(=O)OC(Cc3ccccc3)C3c4ccccc4-c4ccccc43)[C@H](C)O[C@@H]2COC(=O)C(C)(C)C)cc1. The fourth-order valence-corrected chi connectivity index (χ4v) is 8.28. The van der Waals surface area contributed by atoms with Gasteiger partial charge in [-0.3, -0.25) is 14.1 Å².